The van der Waals surface area contributed by atoms with Gasteiger partial charge in [0.15, 0.2) is 0 Å². The molecule has 0 aliphatic rings. The van der Waals surface area contributed by atoms with Crippen molar-refractivity contribution in [3.8, 4) is 5.75 Å². The molecule has 0 atom stereocenters. The quantitative estimate of drug-likeness (QED) is 0.773. The molecule has 0 amide bonds. The molecular formula is C14H22N2O3. The number of rotatable bonds is 8. The molecule has 0 aliphatic carbocycles. The lowest BCUT2D eigenvalue weighted by molar-refractivity contribution is -0.137. The molecule has 0 saturated carbocycles. The summed E-state index contributed by atoms with van der Waals surface area (Å²) >= 11 is 0. The highest BCUT2D eigenvalue weighted by Crippen LogP contribution is 2.19. The average Bonchev–Trinajstić information content (AvgIpc) is 2.36. The minimum atomic E-state index is -0.772. The Bertz CT molecular complexity index is 407. The summed E-state index contributed by atoms with van der Waals surface area (Å²) in [6.45, 7) is 1.79. The van der Waals surface area contributed by atoms with E-state index >= 15 is 0 Å². The second kappa shape index (κ2) is 7.63. The monoisotopic (exact) mass is 266 g/mol. The van der Waals surface area contributed by atoms with E-state index in [0.717, 1.165) is 11.4 Å². The van der Waals surface area contributed by atoms with E-state index in [2.05, 4.69) is 0 Å². The van der Waals surface area contributed by atoms with Crippen molar-refractivity contribution in [1.82, 2.24) is 4.90 Å². The zero-order chi connectivity index (χ0) is 14.3. The van der Waals surface area contributed by atoms with Gasteiger partial charge in [0.25, 0.3) is 0 Å². The number of aliphatic carboxylic acids is 1. The maximum Gasteiger partial charge on any atom is 0.304 e. The van der Waals surface area contributed by atoms with Crippen LogP contribution in [-0.4, -0.2) is 56.8 Å². The van der Waals surface area contributed by atoms with Gasteiger partial charge in [0.05, 0.1) is 6.42 Å². The lowest BCUT2D eigenvalue weighted by Gasteiger charge is -2.17. The lowest BCUT2D eigenvalue weighted by atomic mass is 10.3. The fourth-order valence-corrected chi connectivity index (χ4v) is 1.57. The maximum atomic E-state index is 10.4. The summed E-state index contributed by atoms with van der Waals surface area (Å²) in [5, 5.41) is 8.59. The molecule has 19 heavy (non-hydrogen) atoms. The second-order valence-corrected chi connectivity index (χ2v) is 4.69. The van der Waals surface area contributed by atoms with Gasteiger partial charge >= 0.3 is 5.97 Å². The fraction of sp³-hybridized carbons (Fsp3) is 0.500. The van der Waals surface area contributed by atoms with Gasteiger partial charge < -0.3 is 19.6 Å². The number of benzene rings is 1. The van der Waals surface area contributed by atoms with Crippen LogP contribution < -0.4 is 9.64 Å². The normalized spacial score (nSPS) is 10.5. The summed E-state index contributed by atoms with van der Waals surface area (Å²) in [4.78, 5) is 14.4. The zero-order valence-corrected chi connectivity index (χ0v) is 11.8. The van der Waals surface area contributed by atoms with Gasteiger partial charge in [0.1, 0.15) is 12.4 Å². The predicted octanol–water partition coefficient (Wildman–Crippen LogP) is 1.54. The van der Waals surface area contributed by atoms with Gasteiger partial charge in [-0.15, -0.1) is 0 Å². The van der Waals surface area contributed by atoms with Crippen molar-refractivity contribution in [2.45, 2.75) is 6.42 Å². The highest BCUT2D eigenvalue weighted by molar-refractivity contribution is 5.66. The van der Waals surface area contributed by atoms with Crippen molar-refractivity contribution >= 4 is 11.7 Å². The molecule has 1 rings (SSSR count). The molecule has 0 spiro atoms. The molecule has 0 aromatic heterocycles. The molecule has 1 aromatic rings. The number of ether oxygens (including phenoxy) is 1. The van der Waals surface area contributed by atoms with Crippen LogP contribution in [0.2, 0.25) is 0 Å². The van der Waals surface area contributed by atoms with E-state index in [1.54, 1.807) is 0 Å². The first-order valence-corrected chi connectivity index (χ1v) is 6.29. The average molecular weight is 266 g/mol. The Morgan fingerprint density at radius 1 is 1.26 bits per heavy atom. The van der Waals surface area contributed by atoms with Gasteiger partial charge in [-0.25, -0.2) is 0 Å². The number of carboxylic acid groups (broad SMARTS) is 1. The van der Waals surface area contributed by atoms with Crippen LogP contribution in [0, 0.1) is 0 Å². The van der Waals surface area contributed by atoms with Crippen molar-refractivity contribution in [2.24, 2.45) is 0 Å². The summed E-state index contributed by atoms with van der Waals surface area (Å²) in [5.41, 5.74) is 1.09. The zero-order valence-electron chi connectivity index (χ0n) is 11.8. The third-order valence-corrected chi connectivity index (χ3v) is 2.78. The Morgan fingerprint density at radius 3 is 2.63 bits per heavy atom. The molecule has 0 bridgehead atoms. The Balaban J connectivity index is 2.32. The molecular weight excluding hydrogens is 244 g/mol. The summed E-state index contributed by atoms with van der Waals surface area (Å²) in [6, 6.07) is 7.88. The van der Waals surface area contributed by atoms with Gasteiger partial charge in [-0.05, 0) is 19.2 Å². The van der Waals surface area contributed by atoms with Crippen molar-refractivity contribution in [3.63, 3.8) is 0 Å². The largest absolute Gasteiger partial charge is 0.492 e. The van der Waals surface area contributed by atoms with Gasteiger partial charge in [-0.3, -0.25) is 4.79 Å². The first-order valence-electron chi connectivity index (χ1n) is 6.29. The number of hydrogen-bond donors (Lipinski definition) is 1. The van der Waals surface area contributed by atoms with Crippen LogP contribution in [0.5, 0.6) is 5.75 Å². The molecule has 1 aromatic carbocycles. The fourth-order valence-electron chi connectivity index (χ4n) is 1.57. The van der Waals surface area contributed by atoms with Crippen LogP contribution in [-0.2, 0) is 4.79 Å². The molecule has 0 aliphatic heterocycles. The number of likely N-dealkylation sites (N-methyl/N-ethyl adjacent to an activating group) is 1. The number of hydrogen-bond acceptors (Lipinski definition) is 4. The first-order chi connectivity index (χ1) is 8.99. The SMILES string of the molecule is CN(CCOc1cccc(N(C)C)c1)CCC(=O)O. The number of anilines is 1. The third-order valence-electron chi connectivity index (χ3n) is 2.78. The smallest absolute Gasteiger partial charge is 0.304 e. The van der Waals surface area contributed by atoms with E-state index in [0.29, 0.717) is 19.7 Å². The van der Waals surface area contributed by atoms with Crippen molar-refractivity contribution in [2.75, 3.05) is 45.7 Å². The minimum absolute atomic E-state index is 0.159. The van der Waals surface area contributed by atoms with Gasteiger partial charge in [0.2, 0.25) is 0 Å². The van der Waals surface area contributed by atoms with E-state index in [1.807, 2.05) is 55.2 Å². The topological polar surface area (TPSA) is 53.0 Å². The summed E-state index contributed by atoms with van der Waals surface area (Å²) in [5.74, 6) is 0.0595. The molecule has 5 nitrogen and oxygen atoms in total. The van der Waals surface area contributed by atoms with Crippen LogP contribution in [0.25, 0.3) is 0 Å². The molecule has 1 N–H and O–H groups in total. The minimum Gasteiger partial charge on any atom is -0.492 e. The lowest BCUT2D eigenvalue weighted by Crippen LogP contribution is -2.26. The molecule has 0 saturated heterocycles. The van der Waals surface area contributed by atoms with E-state index in [-0.39, 0.29) is 6.42 Å². The Hall–Kier alpha value is -1.75. The van der Waals surface area contributed by atoms with E-state index in [9.17, 15) is 4.79 Å². The van der Waals surface area contributed by atoms with Gasteiger partial charge in [0, 0.05) is 38.9 Å². The number of nitrogens with zero attached hydrogens (tertiary/aromatic N) is 2. The van der Waals surface area contributed by atoms with Crippen LogP contribution in [0.15, 0.2) is 24.3 Å². The summed E-state index contributed by atoms with van der Waals surface area (Å²) in [7, 11) is 5.86. The van der Waals surface area contributed by atoms with Crippen molar-refractivity contribution < 1.29 is 14.6 Å². The summed E-state index contributed by atoms with van der Waals surface area (Å²) < 4.78 is 5.66. The maximum absolute atomic E-state index is 10.4. The van der Waals surface area contributed by atoms with E-state index < -0.39 is 5.97 Å². The van der Waals surface area contributed by atoms with Gasteiger partial charge in [-0.2, -0.15) is 0 Å². The van der Waals surface area contributed by atoms with Crippen LogP contribution >= 0.6 is 0 Å². The molecule has 0 fully saturated rings. The standard InChI is InChI=1S/C14H22N2O3/c1-15(2)12-5-4-6-13(11-12)19-10-9-16(3)8-7-14(17)18/h4-6,11H,7-10H2,1-3H3,(H,17,18). The predicted molar refractivity (Wildman–Crippen MR) is 76.0 cm³/mol. The number of carbonyl (C=O) groups is 1. The van der Waals surface area contributed by atoms with Crippen LogP contribution in [0.4, 0.5) is 5.69 Å². The summed E-state index contributed by atoms with van der Waals surface area (Å²) in [6.07, 6.45) is 0.159. The highest BCUT2D eigenvalue weighted by atomic mass is 16.5. The van der Waals surface area contributed by atoms with Crippen LogP contribution in [0.3, 0.4) is 0 Å². The molecule has 5 heteroatoms. The highest BCUT2D eigenvalue weighted by Gasteiger charge is 2.03. The second-order valence-electron chi connectivity index (χ2n) is 4.69. The van der Waals surface area contributed by atoms with E-state index in [1.165, 1.54) is 0 Å². The molecule has 0 unspecified atom stereocenters. The molecule has 0 heterocycles. The third kappa shape index (κ3) is 6.10. The van der Waals surface area contributed by atoms with Crippen molar-refractivity contribution in [1.29, 1.82) is 0 Å². The molecule has 0 radical (unpaired) electrons. The Labute approximate surface area is 114 Å². The molecule has 106 valence electrons. The van der Waals surface area contributed by atoms with Gasteiger partial charge in [-0.1, -0.05) is 6.07 Å². The van der Waals surface area contributed by atoms with Crippen molar-refractivity contribution in [3.05, 3.63) is 24.3 Å². The Morgan fingerprint density at radius 2 is 2.00 bits per heavy atom. The van der Waals surface area contributed by atoms with E-state index in [4.69, 9.17) is 9.84 Å². The number of carboxylic acids is 1. The van der Waals surface area contributed by atoms with Crippen LogP contribution in [0.1, 0.15) is 6.42 Å². The first kappa shape index (κ1) is 15.3. The Kier molecular flexibility index (Phi) is 6.15.